The number of carbonyl (C=O) groups excluding carboxylic acids is 2. The van der Waals surface area contributed by atoms with Crippen LogP contribution in [0.25, 0.3) is 0 Å². The minimum absolute atomic E-state index is 0.274. The van der Waals surface area contributed by atoms with Crippen LogP contribution in [0.1, 0.15) is 49.4 Å². The number of hydrogen-bond acceptors (Lipinski definition) is 5. The molecule has 0 radical (unpaired) electrons. The quantitative estimate of drug-likeness (QED) is 0.752. The van der Waals surface area contributed by atoms with Gasteiger partial charge in [0.05, 0.1) is 18.7 Å². The van der Waals surface area contributed by atoms with Gasteiger partial charge in [-0.15, -0.1) is 0 Å². The number of hydrogen-bond donors (Lipinski definition) is 0. The van der Waals surface area contributed by atoms with Crippen LogP contribution in [-0.4, -0.2) is 42.6 Å². The molecular weight excluding hydrogens is 339 g/mol. The number of methoxy groups -OCH3 is 1. The number of ether oxygens (including phenoxy) is 2. The van der Waals surface area contributed by atoms with Crippen LogP contribution in [0.4, 0.5) is 4.39 Å². The fraction of sp³-hybridized carbons (Fsp3) is 0.526. The van der Waals surface area contributed by atoms with Gasteiger partial charge in [-0.3, -0.25) is 4.79 Å². The molecule has 1 fully saturated rings. The number of esters is 1. The lowest BCUT2D eigenvalue weighted by molar-refractivity contribution is -0.143. The van der Waals surface area contributed by atoms with E-state index in [0.29, 0.717) is 12.8 Å². The highest BCUT2D eigenvalue weighted by atomic mass is 19.1. The summed E-state index contributed by atoms with van der Waals surface area (Å²) >= 11 is 0. The minimum atomic E-state index is -1.12. The van der Waals surface area contributed by atoms with Gasteiger partial charge < -0.3 is 14.4 Å². The van der Waals surface area contributed by atoms with E-state index in [0.717, 1.165) is 25.3 Å². The molecule has 7 heteroatoms. The Labute approximate surface area is 152 Å². The van der Waals surface area contributed by atoms with Gasteiger partial charge in [-0.2, -0.15) is 5.26 Å². The van der Waals surface area contributed by atoms with Gasteiger partial charge in [0.2, 0.25) is 0 Å². The van der Waals surface area contributed by atoms with Crippen LogP contribution in [0, 0.1) is 17.1 Å². The SMILES string of the molecule is COc1ccc(C(=O)O[C@@H](C)C(=O)N(C)C2(C#N)CCCCC2)c(F)c1. The van der Waals surface area contributed by atoms with E-state index in [4.69, 9.17) is 9.47 Å². The third-order valence-corrected chi connectivity index (χ3v) is 4.89. The lowest BCUT2D eigenvalue weighted by atomic mass is 9.81. The van der Waals surface area contributed by atoms with Gasteiger partial charge in [0.1, 0.15) is 17.1 Å². The van der Waals surface area contributed by atoms with Gasteiger partial charge in [0.15, 0.2) is 6.10 Å². The van der Waals surface area contributed by atoms with Gasteiger partial charge in [0, 0.05) is 13.1 Å². The smallest absolute Gasteiger partial charge is 0.341 e. The Morgan fingerprint density at radius 3 is 2.50 bits per heavy atom. The van der Waals surface area contributed by atoms with Crippen molar-refractivity contribution in [2.45, 2.75) is 50.7 Å². The Hall–Kier alpha value is -2.62. The lowest BCUT2D eigenvalue weighted by Crippen LogP contribution is -2.53. The highest BCUT2D eigenvalue weighted by molar-refractivity contribution is 5.92. The second-order valence-corrected chi connectivity index (χ2v) is 6.49. The third kappa shape index (κ3) is 3.96. The van der Waals surface area contributed by atoms with E-state index in [2.05, 4.69) is 6.07 Å². The molecule has 6 nitrogen and oxygen atoms in total. The molecule has 1 amide bonds. The number of likely N-dealkylation sites (N-methyl/N-ethyl adjacent to an activating group) is 1. The molecular formula is C19H23FN2O4. The molecule has 1 saturated carbocycles. The predicted octanol–water partition coefficient (Wildman–Crippen LogP) is 3.06. The van der Waals surface area contributed by atoms with Crippen molar-refractivity contribution >= 4 is 11.9 Å². The van der Waals surface area contributed by atoms with Gasteiger partial charge in [0.25, 0.3) is 5.91 Å². The molecule has 0 saturated heterocycles. The van der Waals surface area contributed by atoms with Crippen molar-refractivity contribution in [3.8, 4) is 11.8 Å². The van der Waals surface area contributed by atoms with Gasteiger partial charge in [-0.05, 0) is 31.9 Å². The van der Waals surface area contributed by atoms with Crippen molar-refractivity contribution in [2.75, 3.05) is 14.2 Å². The maximum atomic E-state index is 14.0. The summed E-state index contributed by atoms with van der Waals surface area (Å²) in [5.41, 5.74) is -1.15. The third-order valence-electron chi connectivity index (χ3n) is 4.89. The molecule has 0 unspecified atom stereocenters. The largest absolute Gasteiger partial charge is 0.497 e. The van der Waals surface area contributed by atoms with Crippen molar-refractivity contribution in [1.82, 2.24) is 4.90 Å². The summed E-state index contributed by atoms with van der Waals surface area (Å²) in [6.45, 7) is 1.42. The first kappa shape index (κ1) is 19.7. The Kier molecular flexibility index (Phi) is 6.19. The van der Waals surface area contributed by atoms with Crippen LogP contribution in [0.3, 0.4) is 0 Å². The van der Waals surface area contributed by atoms with E-state index in [1.807, 2.05) is 0 Å². The molecule has 0 aromatic heterocycles. The number of nitrogens with zero attached hydrogens (tertiary/aromatic N) is 2. The standard InChI is InChI=1S/C19H23FN2O4/c1-13(17(23)22(2)19(12-21)9-5-4-6-10-19)26-18(24)15-8-7-14(25-3)11-16(15)20/h7-8,11,13H,4-6,9-10H2,1-3H3/t13-/m0/s1. The summed E-state index contributed by atoms with van der Waals surface area (Å²) in [6.07, 6.45) is 2.85. The molecule has 2 rings (SSSR count). The maximum absolute atomic E-state index is 14.0. The molecule has 0 heterocycles. The summed E-state index contributed by atoms with van der Waals surface area (Å²) in [4.78, 5) is 26.2. The fourth-order valence-corrected chi connectivity index (χ4v) is 3.21. The molecule has 1 aliphatic rings. The second-order valence-electron chi connectivity index (χ2n) is 6.49. The predicted molar refractivity (Wildman–Crippen MR) is 92.0 cm³/mol. The van der Waals surface area contributed by atoms with E-state index in [1.165, 1.54) is 31.1 Å². The Bertz CT molecular complexity index is 723. The molecule has 0 aliphatic heterocycles. The van der Waals surface area contributed by atoms with E-state index < -0.39 is 29.3 Å². The Morgan fingerprint density at radius 1 is 1.31 bits per heavy atom. The summed E-state index contributed by atoms with van der Waals surface area (Å²) in [5, 5.41) is 9.58. The van der Waals surface area contributed by atoms with Crippen molar-refractivity contribution in [3.63, 3.8) is 0 Å². The number of benzene rings is 1. The molecule has 26 heavy (non-hydrogen) atoms. The molecule has 140 valence electrons. The minimum Gasteiger partial charge on any atom is -0.497 e. The van der Waals surface area contributed by atoms with Crippen LogP contribution < -0.4 is 4.74 Å². The van der Waals surface area contributed by atoms with Crippen LogP contribution in [0.2, 0.25) is 0 Å². The van der Waals surface area contributed by atoms with Crippen molar-refractivity contribution < 1.29 is 23.5 Å². The van der Waals surface area contributed by atoms with E-state index >= 15 is 0 Å². The van der Waals surface area contributed by atoms with Crippen molar-refractivity contribution in [2.24, 2.45) is 0 Å². The number of nitriles is 1. The topological polar surface area (TPSA) is 79.6 Å². The van der Waals surface area contributed by atoms with Crippen molar-refractivity contribution in [1.29, 1.82) is 5.26 Å². The van der Waals surface area contributed by atoms with Crippen LogP contribution in [0.5, 0.6) is 5.75 Å². The van der Waals surface area contributed by atoms with Crippen LogP contribution in [0.15, 0.2) is 18.2 Å². The van der Waals surface area contributed by atoms with Crippen LogP contribution in [-0.2, 0) is 9.53 Å². The van der Waals surface area contributed by atoms with Gasteiger partial charge in [-0.25, -0.2) is 9.18 Å². The van der Waals surface area contributed by atoms with E-state index in [-0.39, 0.29) is 11.3 Å². The van der Waals surface area contributed by atoms with E-state index in [9.17, 15) is 19.2 Å². The highest BCUT2D eigenvalue weighted by Crippen LogP contribution is 2.33. The summed E-state index contributed by atoms with van der Waals surface area (Å²) in [6, 6.07) is 6.00. The number of carbonyl (C=O) groups is 2. The molecule has 1 aromatic rings. The zero-order chi connectivity index (χ0) is 19.3. The zero-order valence-electron chi connectivity index (χ0n) is 15.3. The van der Waals surface area contributed by atoms with Crippen molar-refractivity contribution in [3.05, 3.63) is 29.6 Å². The Morgan fingerprint density at radius 2 is 1.96 bits per heavy atom. The first-order chi connectivity index (χ1) is 12.3. The molecule has 1 aromatic carbocycles. The summed E-state index contributed by atoms with van der Waals surface area (Å²) < 4.78 is 24.0. The van der Waals surface area contributed by atoms with E-state index in [1.54, 1.807) is 7.05 Å². The molecule has 0 spiro atoms. The number of rotatable bonds is 5. The average Bonchev–Trinajstić information content (AvgIpc) is 2.66. The normalized spacial score (nSPS) is 16.9. The molecule has 0 N–H and O–H groups in total. The number of halogens is 1. The maximum Gasteiger partial charge on any atom is 0.341 e. The molecule has 0 bridgehead atoms. The highest BCUT2D eigenvalue weighted by Gasteiger charge is 2.40. The fourth-order valence-electron chi connectivity index (χ4n) is 3.21. The number of amides is 1. The average molecular weight is 362 g/mol. The first-order valence-electron chi connectivity index (χ1n) is 8.58. The zero-order valence-corrected chi connectivity index (χ0v) is 15.3. The van der Waals surface area contributed by atoms with Gasteiger partial charge in [-0.1, -0.05) is 19.3 Å². The summed E-state index contributed by atoms with van der Waals surface area (Å²) in [5.74, 6) is -1.93. The first-order valence-corrected chi connectivity index (χ1v) is 8.58. The monoisotopic (exact) mass is 362 g/mol. The Balaban J connectivity index is 2.08. The summed E-state index contributed by atoms with van der Waals surface area (Å²) in [7, 11) is 2.94. The van der Waals surface area contributed by atoms with Gasteiger partial charge >= 0.3 is 5.97 Å². The molecule has 1 aliphatic carbocycles. The lowest BCUT2D eigenvalue weighted by Gasteiger charge is -2.39. The van der Waals surface area contributed by atoms with Crippen LogP contribution >= 0.6 is 0 Å². The molecule has 1 atom stereocenters. The second kappa shape index (κ2) is 8.17.